The highest BCUT2D eigenvalue weighted by Crippen LogP contribution is 2.33. The number of carbonyl (C=O) groups is 1. The topological polar surface area (TPSA) is 83.9 Å². The second-order valence-electron chi connectivity index (χ2n) is 3.97. The molecule has 0 radical (unpaired) electrons. The van der Waals surface area contributed by atoms with Crippen molar-refractivity contribution in [3.8, 4) is 5.75 Å². The molecule has 1 aromatic rings. The molecule has 1 heterocycles. The van der Waals surface area contributed by atoms with Gasteiger partial charge in [0.2, 0.25) is 0 Å². The minimum atomic E-state index is -3.33. The lowest BCUT2D eigenvalue weighted by atomic mass is 10.2. The first-order chi connectivity index (χ1) is 8.44. The lowest BCUT2D eigenvalue weighted by Gasteiger charge is -2.29. The molecule has 98 valence electrons. The number of ether oxygens (including phenoxy) is 1. The number of fused-ring (bicyclic) bond motifs is 1. The van der Waals surface area contributed by atoms with E-state index in [9.17, 15) is 13.2 Å². The molecule has 1 aromatic carbocycles. The van der Waals surface area contributed by atoms with Gasteiger partial charge in [-0.1, -0.05) is 0 Å². The molecule has 1 N–H and O–H groups in total. The van der Waals surface area contributed by atoms with Crippen molar-refractivity contribution >= 4 is 21.5 Å². The lowest BCUT2D eigenvalue weighted by molar-refractivity contribution is -0.135. The Morgan fingerprint density at radius 2 is 2.22 bits per heavy atom. The molecule has 1 aliphatic rings. The van der Waals surface area contributed by atoms with Crippen LogP contribution in [-0.4, -0.2) is 45.4 Å². The Bertz CT molecular complexity index is 581. The fourth-order valence-electron chi connectivity index (χ4n) is 1.92. The molecule has 6 nitrogen and oxygen atoms in total. The summed E-state index contributed by atoms with van der Waals surface area (Å²) in [6.07, 6.45) is 0. The van der Waals surface area contributed by atoms with Crippen molar-refractivity contribution in [1.82, 2.24) is 0 Å². The van der Waals surface area contributed by atoms with Crippen LogP contribution in [0, 0.1) is 0 Å². The largest absolute Gasteiger partial charge is 0.497 e. The number of rotatable bonds is 3. The van der Waals surface area contributed by atoms with Crippen LogP contribution in [-0.2, 0) is 14.6 Å². The van der Waals surface area contributed by atoms with Crippen molar-refractivity contribution in [2.45, 2.75) is 4.90 Å². The quantitative estimate of drug-likeness (QED) is 0.855. The van der Waals surface area contributed by atoms with Crippen LogP contribution in [0.4, 0.5) is 5.69 Å². The van der Waals surface area contributed by atoms with E-state index < -0.39 is 15.8 Å². The highest BCUT2D eigenvalue weighted by atomic mass is 32.2. The zero-order chi connectivity index (χ0) is 13.3. The molecule has 0 saturated carbocycles. The Labute approximate surface area is 105 Å². The van der Waals surface area contributed by atoms with Crippen LogP contribution in [0.15, 0.2) is 23.1 Å². The molecular formula is C11H13NO5S. The Hall–Kier alpha value is -1.76. The molecule has 0 amide bonds. The molecule has 7 heteroatoms. The molecular weight excluding hydrogens is 258 g/mol. The number of nitrogens with zero attached hydrogens (tertiary/aromatic N) is 1. The second-order valence-corrected chi connectivity index (χ2v) is 6.05. The van der Waals surface area contributed by atoms with Crippen molar-refractivity contribution in [2.75, 3.05) is 30.9 Å². The summed E-state index contributed by atoms with van der Waals surface area (Å²) in [6, 6.07) is 4.56. The summed E-state index contributed by atoms with van der Waals surface area (Å²) in [5.41, 5.74) is 0.392. The van der Waals surface area contributed by atoms with E-state index in [1.54, 1.807) is 12.1 Å². The fourth-order valence-corrected chi connectivity index (χ4v) is 3.39. The van der Waals surface area contributed by atoms with Gasteiger partial charge in [-0.15, -0.1) is 0 Å². The van der Waals surface area contributed by atoms with E-state index >= 15 is 0 Å². The van der Waals surface area contributed by atoms with E-state index in [4.69, 9.17) is 9.84 Å². The van der Waals surface area contributed by atoms with Crippen LogP contribution in [0.1, 0.15) is 0 Å². The number of methoxy groups -OCH3 is 1. The van der Waals surface area contributed by atoms with Crippen LogP contribution >= 0.6 is 0 Å². The summed E-state index contributed by atoms with van der Waals surface area (Å²) in [5.74, 6) is -0.566. The Morgan fingerprint density at radius 3 is 2.83 bits per heavy atom. The Balaban J connectivity index is 2.52. The molecule has 0 saturated heterocycles. The molecule has 0 atom stereocenters. The normalized spacial score (nSPS) is 17.1. The molecule has 0 unspecified atom stereocenters. The van der Waals surface area contributed by atoms with Crippen molar-refractivity contribution in [3.05, 3.63) is 18.2 Å². The maximum Gasteiger partial charge on any atom is 0.323 e. The van der Waals surface area contributed by atoms with E-state index in [0.29, 0.717) is 11.4 Å². The smallest absolute Gasteiger partial charge is 0.323 e. The van der Waals surface area contributed by atoms with Gasteiger partial charge in [0.25, 0.3) is 0 Å². The van der Waals surface area contributed by atoms with E-state index in [0.717, 1.165) is 0 Å². The molecule has 0 aliphatic carbocycles. The summed E-state index contributed by atoms with van der Waals surface area (Å²) in [7, 11) is -1.85. The summed E-state index contributed by atoms with van der Waals surface area (Å²) in [5, 5.41) is 8.83. The van der Waals surface area contributed by atoms with E-state index in [-0.39, 0.29) is 23.7 Å². The van der Waals surface area contributed by atoms with E-state index in [1.807, 2.05) is 0 Å². The molecule has 0 aromatic heterocycles. The number of carboxylic acid groups (broad SMARTS) is 1. The third kappa shape index (κ3) is 2.26. The van der Waals surface area contributed by atoms with Gasteiger partial charge in [0.05, 0.1) is 23.4 Å². The minimum absolute atomic E-state index is 0.0698. The highest BCUT2D eigenvalue weighted by molar-refractivity contribution is 7.91. The SMILES string of the molecule is COc1ccc2c(c1)N(CC(=O)O)CCS2(=O)=O. The van der Waals surface area contributed by atoms with Crippen molar-refractivity contribution in [2.24, 2.45) is 0 Å². The van der Waals surface area contributed by atoms with Gasteiger partial charge in [-0.3, -0.25) is 4.79 Å². The van der Waals surface area contributed by atoms with Crippen molar-refractivity contribution < 1.29 is 23.1 Å². The van der Waals surface area contributed by atoms with Crippen LogP contribution in [0.2, 0.25) is 0 Å². The fraction of sp³-hybridized carbons (Fsp3) is 0.364. The third-order valence-corrected chi connectivity index (χ3v) is 4.53. The summed E-state index contributed by atoms with van der Waals surface area (Å²) < 4.78 is 28.8. The first-order valence-electron chi connectivity index (χ1n) is 5.31. The lowest BCUT2D eigenvalue weighted by Crippen LogP contribution is -2.38. The van der Waals surface area contributed by atoms with Crippen molar-refractivity contribution in [1.29, 1.82) is 0 Å². The summed E-state index contributed by atoms with van der Waals surface area (Å²) in [4.78, 5) is 12.5. The highest BCUT2D eigenvalue weighted by Gasteiger charge is 2.29. The predicted octanol–water partition coefficient (Wildman–Crippen LogP) is 0.373. The molecule has 0 spiro atoms. The number of hydrogen-bond acceptors (Lipinski definition) is 5. The zero-order valence-electron chi connectivity index (χ0n) is 9.79. The number of aliphatic carboxylic acids is 1. The van der Waals surface area contributed by atoms with Gasteiger partial charge < -0.3 is 14.7 Å². The van der Waals surface area contributed by atoms with Gasteiger partial charge in [-0.05, 0) is 12.1 Å². The van der Waals surface area contributed by atoms with Gasteiger partial charge >= 0.3 is 5.97 Å². The zero-order valence-corrected chi connectivity index (χ0v) is 10.6. The van der Waals surface area contributed by atoms with Gasteiger partial charge in [-0.2, -0.15) is 0 Å². The molecule has 2 rings (SSSR count). The van der Waals surface area contributed by atoms with Gasteiger partial charge in [0.1, 0.15) is 12.3 Å². The van der Waals surface area contributed by atoms with E-state index in [1.165, 1.54) is 18.1 Å². The third-order valence-electron chi connectivity index (χ3n) is 2.80. The number of anilines is 1. The van der Waals surface area contributed by atoms with Gasteiger partial charge in [0, 0.05) is 12.6 Å². The predicted molar refractivity (Wildman–Crippen MR) is 64.9 cm³/mol. The van der Waals surface area contributed by atoms with Crippen molar-refractivity contribution in [3.63, 3.8) is 0 Å². The van der Waals surface area contributed by atoms with Crippen LogP contribution < -0.4 is 9.64 Å². The molecule has 18 heavy (non-hydrogen) atoms. The summed E-state index contributed by atoms with van der Waals surface area (Å²) >= 11 is 0. The van der Waals surface area contributed by atoms with E-state index in [2.05, 4.69) is 0 Å². The van der Waals surface area contributed by atoms with Gasteiger partial charge in [-0.25, -0.2) is 8.42 Å². The molecule has 0 bridgehead atoms. The Morgan fingerprint density at radius 1 is 1.50 bits per heavy atom. The maximum absolute atomic E-state index is 11.9. The van der Waals surface area contributed by atoms with Crippen LogP contribution in [0.25, 0.3) is 0 Å². The second kappa shape index (κ2) is 4.49. The number of benzene rings is 1. The maximum atomic E-state index is 11.9. The number of carboxylic acids is 1. The first kappa shape index (κ1) is 12.7. The summed E-state index contributed by atoms with van der Waals surface area (Å²) in [6.45, 7) is -0.0511. The van der Waals surface area contributed by atoms with Gasteiger partial charge in [0.15, 0.2) is 9.84 Å². The average molecular weight is 271 g/mol. The monoisotopic (exact) mass is 271 g/mol. The Kier molecular flexibility index (Phi) is 3.16. The first-order valence-corrected chi connectivity index (χ1v) is 6.97. The average Bonchev–Trinajstić information content (AvgIpc) is 2.32. The number of hydrogen-bond donors (Lipinski definition) is 1. The standard InChI is InChI=1S/C11H13NO5S/c1-17-8-2-3-10-9(6-8)12(7-11(13)14)4-5-18(10,15)16/h2-3,6H,4-5,7H2,1H3,(H,13,14). The number of sulfone groups is 1. The minimum Gasteiger partial charge on any atom is -0.497 e. The molecule has 1 aliphatic heterocycles. The molecule has 0 fully saturated rings. The van der Waals surface area contributed by atoms with Crippen LogP contribution in [0.5, 0.6) is 5.75 Å². The van der Waals surface area contributed by atoms with Crippen LogP contribution in [0.3, 0.4) is 0 Å².